The van der Waals surface area contributed by atoms with E-state index in [-0.39, 0.29) is 11.7 Å². The van der Waals surface area contributed by atoms with E-state index in [4.69, 9.17) is 4.74 Å². The third-order valence-corrected chi connectivity index (χ3v) is 4.72. The van der Waals surface area contributed by atoms with Crippen LogP contribution in [-0.2, 0) is 6.42 Å². The topological polar surface area (TPSA) is 51.0 Å². The van der Waals surface area contributed by atoms with Crippen LogP contribution in [0.2, 0.25) is 0 Å². The first kappa shape index (κ1) is 13.2. The second-order valence-electron chi connectivity index (χ2n) is 5.81. The number of methoxy groups -OCH3 is 1. The summed E-state index contributed by atoms with van der Waals surface area (Å²) < 4.78 is 5.48. The van der Waals surface area contributed by atoms with Crippen molar-refractivity contribution in [2.75, 3.05) is 13.7 Å². The minimum atomic E-state index is -0.793. The Morgan fingerprint density at radius 1 is 1.14 bits per heavy atom. The summed E-state index contributed by atoms with van der Waals surface area (Å²) in [5.41, 5.74) is 2.06. The minimum absolute atomic E-state index is 0.0662. The summed E-state index contributed by atoms with van der Waals surface area (Å²) in [5.74, 6) is 0.812. The lowest BCUT2D eigenvalue weighted by Crippen LogP contribution is -2.39. The van der Waals surface area contributed by atoms with Gasteiger partial charge >= 0.3 is 0 Å². The Morgan fingerprint density at radius 2 is 1.91 bits per heavy atom. The molecule has 0 saturated heterocycles. The van der Waals surface area contributed by atoms with Crippen LogP contribution < -0.4 is 4.74 Å². The van der Waals surface area contributed by atoms with Gasteiger partial charge in [0.05, 0.1) is 13.7 Å². The molecule has 4 rings (SSSR count). The first-order valence-electron chi connectivity index (χ1n) is 7.40. The van der Waals surface area contributed by atoms with Crippen LogP contribution in [0.5, 0.6) is 5.75 Å². The summed E-state index contributed by atoms with van der Waals surface area (Å²) in [6, 6.07) is 15.6. The van der Waals surface area contributed by atoms with Crippen molar-refractivity contribution in [2.45, 2.75) is 17.9 Å². The number of Topliss-reactive ketones (excluding diaryl/α,β-unsaturated/α-hetero) is 1. The van der Waals surface area contributed by atoms with Crippen LogP contribution in [0.3, 0.4) is 0 Å². The van der Waals surface area contributed by atoms with Gasteiger partial charge in [-0.3, -0.25) is 4.79 Å². The zero-order valence-electron chi connectivity index (χ0n) is 12.3. The number of nitrogens with zero attached hydrogens (tertiary/aromatic N) is 2. The maximum absolute atomic E-state index is 13.0. The molecule has 2 atom stereocenters. The van der Waals surface area contributed by atoms with Gasteiger partial charge in [0, 0.05) is 23.5 Å². The zero-order chi connectivity index (χ0) is 15.2. The molecule has 110 valence electrons. The third-order valence-electron chi connectivity index (χ3n) is 4.72. The number of benzene rings is 2. The van der Waals surface area contributed by atoms with Crippen LogP contribution in [0.4, 0.5) is 0 Å². The van der Waals surface area contributed by atoms with Crippen LogP contribution in [0.15, 0.2) is 58.8 Å². The number of fused-ring (bicyclic) bond motifs is 1. The summed E-state index contributed by atoms with van der Waals surface area (Å²) in [4.78, 5) is 13.0. The number of carbonyl (C=O) groups excluding carboxylic acids is 1. The average molecular weight is 292 g/mol. The molecule has 2 aromatic rings. The molecule has 0 aromatic heterocycles. The molecule has 0 bridgehead atoms. The van der Waals surface area contributed by atoms with Crippen molar-refractivity contribution in [3.8, 4) is 5.75 Å². The highest BCUT2D eigenvalue weighted by Gasteiger charge is 2.55. The monoisotopic (exact) mass is 292 g/mol. The Morgan fingerprint density at radius 3 is 2.73 bits per heavy atom. The number of hydrogen-bond acceptors (Lipinski definition) is 4. The average Bonchev–Trinajstić information content (AvgIpc) is 3.10. The summed E-state index contributed by atoms with van der Waals surface area (Å²) in [6.45, 7) is 0.528. The maximum Gasteiger partial charge on any atom is 0.193 e. The molecule has 2 aromatic carbocycles. The van der Waals surface area contributed by atoms with Crippen LogP contribution in [0.1, 0.15) is 27.4 Å². The molecule has 1 aliphatic carbocycles. The van der Waals surface area contributed by atoms with Crippen molar-refractivity contribution in [1.82, 2.24) is 0 Å². The molecule has 0 amide bonds. The number of ketones is 1. The SMILES string of the molecule is COc1ccccc1[C@H]1CN=N[C@@]12Cc1ccccc1C2=O. The molecule has 1 aliphatic heterocycles. The lowest BCUT2D eigenvalue weighted by Gasteiger charge is -2.26. The van der Waals surface area contributed by atoms with Crippen LogP contribution in [0, 0.1) is 0 Å². The fourth-order valence-electron chi connectivity index (χ4n) is 3.64. The Labute approximate surface area is 128 Å². The Balaban J connectivity index is 1.83. The summed E-state index contributed by atoms with van der Waals surface area (Å²) >= 11 is 0. The quantitative estimate of drug-likeness (QED) is 0.851. The van der Waals surface area contributed by atoms with Crippen molar-refractivity contribution >= 4 is 5.78 Å². The van der Waals surface area contributed by atoms with Gasteiger partial charge in [-0.05, 0) is 11.6 Å². The van der Waals surface area contributed by atoms with Crippen LogP contribution in [-0.4, -0.2) is 25.0 Å². The smallest absolute Gasteiger partial charge is 0.193 e. The van der Waals surface area contributed by atoms with Gasteiger partial charge in [-0.2, -0.15) is 10.2 Å². The van der Waals surface area contributed by atoms with Gasteiger partial charge < -0.3 is 4.74 Å². The summed E-state index contributed by atoms with van der Waals surface area (Å²) in [7, 11) is 1.65. The number of azo groups is 1. The highest BCUT2D eigenvalue weighted by molar-refractivity contribution is 6.08. The molecule has 0 N–H and O–H groups in total. The van der Waals surface area contributed by atoms with Crippen molar-refractivity contribution in [3.05, 3.63) is 65.2 Å². The van der Waals surface area contributed by atoms with Gasteiger partial charge in [0.1, 0.15) is 5.75 Å². The predicted octanol–water partition coefficient (Wildman–Crippen LogP) is 3.42. The number of carbonyl (C=O) groups is 1. The maximum atomic E-state index is 13.0. The first-order valence-corrected chi connectivity index (χ1v) is 7.40. The highest BCUT2D eigenvalue weighted by Crippen LogP contribution is 2.48. The lowest BCUT2D eigenvalue weighted by molar-refractivity contribution is 0.0897. The van der Waals surface area contributed by atoms with Crippen molar-refractivity contribution in [1.29, 1.82) is 0 Å². The molecule has 4 heteroatoms. The second-order valence-corrected chi connectivity index (χ2v) is 5.81. The standard InChI is InChI=1S/C18H16N2O2/c1-22-16-9-5-4-8-14(16)15-11-19-20-18(15)10-12-6-2-3-7-13(12)17(18)21/h2-9,15H,10-11H2,1H3/t15-,18+/m1/s1. The molecule has 4 nitrogen and oxygen atoms in total. The van der Waals surface area contributed by atoms with Gasteiger partial charge in [0.2, 0.25) is 0 Å². The molecular formula is C18H16N2O2. The number of para-hydroxylation sites is 1. The van der Waals surface area contributed by atoms with Gasteiger partial charge in [-0.25, -0.2) is 0 Å². The Bertz CT molecular complexity index is 784. The molecule has 2 aliphatic rings. The number of rotatable bonds is 2. The molecule has 1 heterocycles. The Kier molecular flexibility index (Phi) is 2.86. The highest BCUT2D eigenvalue weighted by atomic mass is 16.5. The predicted molar refractivity (Wildman–Crippen MR) is 82.7 cm³/mol. The fraction of sp³-hybridized carbons (Fsp3) is 0.278. The van der Waals surface area contributed by atoms with Gasteiger partial charge in [0.15, 0.2) is 11.3 Å². The van der Waals surface area contributed by atoms with Crippen LogP contribution >= 0.6 is 0 Å². The molecule has 0 unspecified atom stereocenters. The first-order chi connectivity index (χ1) is 10.8. The number of ether oxygens (including phenoxy) is 1. The van der Waals surface area contributed by atoms with E-state index < -0.39 is 5.54 Å². The van der Waals surface area contributed by atoms with E-state index >= 15 is 0 Å². The minimum Gasteiger partial charge on any atom is -0.496 e. The molecule has 0 fully saturated rings. The molecule has 22 heavy (non-hydrogen) atoms. The van der Waals surface area contributed by atoms with Crippen molar-refractivity contribution in [2.24, 2.45) is 10.2 Å². The van der Waals surface area contributed by atoms with E-state index in [9.17, 15) is 4.79 Å². The summed E-state index contributed by atoms with van der Waals surface area (Å²) in [6.07, 6.45) is 0.619. The molecule has 0 radical (unpaired) electrons. The molecular weight excluding hydrogens is 276 g/mol. The lowest BCUT2D eigenvalue weighted by atomic mass is 9.77. The zero-order valence-corrected chi connectivity index (χ0v) is 12.3. The van der Waals surface area contributed by atoms with E-state index in [1.54, 1.807) is 7.11 Å². The summed E-state index contributed by atoms with van der Waals surface area (Å²) in [5, 5.41) is 8.65. The van der Waals surface area contributed by atoms with E-state index in [0.717, 1.165) is 22.4 Å². The number of hydrogen-bond donors (Lipinski definition) is 0. The second kappa shape index (κ2) is 4.77. The van der Waals surface area contributed by atoms with Gasteiger partial charge in [-0.15, -0.1) is 0 Å². The van der Waals surface area contributed by atoms with E-state index in [0.29, 0.717) is 13.0 Å². The Hall–Kier alpha value is -2.49. The largest absolute Gasteiger partial charge is 0.496 e. The molecule has 1 spiro atoms. The van der Waals surface area contributed by atoms with Crippen molar-refractivity contribution < 1.29 is 9.53 Å². The normalized spacial score (nSPS) is 25.7. The van der Waals surface area contributed by atoms with Gasteiger partial charge in [-0.1, -0.05) is 42.5 Å². The van der Waals surface area contributed by atoms with E-state index in [1.807, 2.05) is 48.5 Å². The fourth-order valence-corrected chi connectivity index (χ4v) is 3.64. The van der Waals surface area contributed by atoms with Crippen molar-refractivity contribution in [3.63, 3.8) is 0 Å². The van der Waals surface area contributed by atoms with E-state index in [1.165, 1.54) is 0 Å². The van der Waals surface area contributed by atoms with Gasteiger partial charge in [0.25, 0.3) is 0 Å². The van der Waals surface area contributed by atoms with E-state index in [2.05, 4.69) is 10.2 Å². The van der Waals surface area contributed by atoms with Crippen LogP contribution in [0.25, 0.3) is 0 Å². The molecule has 0 saturated carbocycles. The third kappa shape index (κ3) is 1.67.